The van der Waals surface area contributed by atoms with Gasteiger partial charge in [-0.2, -0.15) is 0 Å². The second-order valence-corrected chi connectivity index (χ2v) is 7.45. The van der Waals surface area contributed by atoms with Gasteiger partial charge in [-0.15, -0.1) is 0 Å². The lowest BCUT2D eigenvalue weighted by Crippen LogP contribution is -2.34. The van der Waals surface area contributed by atoms with E-state index in [1.165, 1.54) is 6.92 Å². The van der Waals surface area contributed by atoms with Gasteiger partial charge in [-0.3, -0.25) is 0 Å². The van der Waals surface area contributed by atoms with Gasteiger partial charge in [0.2, 0.25) is 15.8 Å². The highest BCUT2D eigenvalue weighted by Crippen LogP contribution is 2.25. The normalized spacial score (nSPS) is 23.7. The predicted octanol–water partition coefficient (Wildman–Crippen LogP) is 2.53. The molecule has 2 N–H and O–H groups in total. The Morgan fingerprint density at radius 2 is 2.05 bits per heavy atom. The lowest BCUT2D eigenvalue weighted by atomic mass is 10.0. The summed E-state index contributed by atoms with van der Waals surface area (Å²) >= 11 is 0. The number of aromatic carboxylic acids is 1. The van der Waals surface area contributed by atoms with Crippen LogP contribution in [-0.4, -0.2) is 25.5 Å². The zero-order valence-corrected chi connectivity index (χ0v) is 13.1. The molecule has 0 radical (unpaired) electrons. The van der Waals surface area contributed by atoms with Gasteiger partial charge in [-0.1, -0.05) is 19.8 Å². The monoisotopic (exact) mass is 315 g/mol. The van der Waals surface area contributed by atoms with Gasteiger partial charge in [0.25, 0.3) is 0 Å². The Kier molecular flexibility index (Phi) is 4.73. The maximum atomic E-state index is 12.4. The zero-order chi connectivity index (χ0) is 15.6. The first kappa shape index (κ1) is 16.0. The van der Waals surface area contributed by atoms with Crippen LogP contribution < -0.4 is 4.72 Å². The molecule has 0 aromatic carbocycles. The van der Waals surface area contributed by atoms with Gasteiger partial charge in [0.05, 0.1) is 0 Å². The van der Waals surface area contributed by atoms with Crippen molar-refractivity contribution in [3.8, 4) is 0 Å². The van der Waals surface area contributed by atoms with E-state index in [1.807, 2.05) is 0 Å². The van der Waals surface area contributed by atoms with Crippen LogP contribution in [0.15, 0.2) is 15.4 Å². The number of carbonyl (C=O) groups is 1. The summed E-state index contributed by atoms with van der Waals surface area (Å²) in [7, 11) is -3.74. The van der Waals surface area contributed by atoms with Gasteiger partial charge >= 0.3 is 5.97 Å². The summed E-state index contributed by atoms with van der Waals surface area (Å²) in [6, 6.07) is 0.974. The van der Waals surface area contributed by atoms with Crippen molar-refractivity contribution < 1.29 is 22.7 Å². The fraction of sp³-hybridized carbons (Fsp3) is 0.643. The first-order valence-electron chi connectivity index (χ1n) is 7.15. The fourth-order valence-electron chi connectivity index (χ4n) is 2.73. The number of furan rings is 1. The molecule has 1 aromatic rings. The van der Waals surface area contributed by atoms with Crippen molar-refractivity contribution in [1.82, 2.24) is 4.72 Å². The second kappa shape index (κ2) is 6.19. The number of hydrogen-bond donors (Lipinski definition) is 2. The van der Waals surface area contributed by atoms with E-state index in [4.69, 9.17) is 9.52 Å². The Balaban J connectivity index is 2.16. The molecule has 6 nitrogen and oxygen atoms in total. The van der Waals surface area contributed by atoms with Crippen molar-refractivity contribution in [3.63, 3.8) is 0 Å². The number of aryl methyl sites for hydroxylation is 1. The highest BCUT2D eigenvalue weighted by Gasteiger charge is 2.27. The molecule has 1 fully saturated rings. The van der Waals surface area contributed by atoms with Gasteiger partial charge in [0.1, 0.15) is 10.7 Å². The number of hydrogen-bond acceptors (Lipinski definition) is 4. The van der Waals surface area contributed by atoms with Crippen LogP contribution in [0.25, 0.3) is 0 Å². The van der Waals surface area contributed by atoms with E-state index in [1.54, 1.807) is 0 Å². The highest BCUT2D eigenvalue weighted by molar-refractivity contribution is 7.89. The summed E-state index contributed by atoms with van der Waals surface area (Å²) in [6.07, 6.45) is 4.73. The van der Waals surface area contributed by atoms with Gasteiger partial charge in [-0.05, 0) is 32.1 Å². The van der Waals surface area contributed by atoms with E-state index >= 15 is 0 Å². The maximum absolute atomic E-state index is 12.4. The van der Waals surface area contributed by atoms with Gasteiger partial charge in [0.15, 0.2) is 0 Å². The van der Waals surface area contributed by atoms with Crippen LogP contribution in [0.1, 0.15) is 55.3 Å². The van der Waals surface area contributed by atoms with E-state index in [9.17, 15) is 13.2 Å². The van der Waals surface area contributed by atoms with E-state index in [-0.39, 0.29) is 22.5 Å². The molecule has 21 heavy (non-hydrogen) atoms. The van der Waals surface area contributed by atoms with Gasteiger partial charge < -0.3 is 9.52 Å². The van der Waals surface area contributed by atoms with Crippen LogP contribution in [-0.2, 0) is 10.0 Å². The van der Waals surface area contributed by atoms with Crippen molar-refractivity contribution in [3.05, 3.63) is 17.6 Å². The van der Waals surface area contributed by atoms with Crippen LogP contribution >= 0.6 is 0 Å². The van der Waals surface area contributed by atoms with E-state index in [0.29, 0.717) is 5.92 Å². The second-order valence-electron chi connectivity index (χ2n) is 5.77. The zero-order valence-electron chi connectivity index (χ0n) is 12.3. The van der Waals surface area contributed by atoms with Crippen LogP contribution in [0.2, 0.25) is 0 Å². The van der Waals surface area contributed by atoms with E-state index in [2.05, 4.69) is 11.6 Å². The molecule has 0 bridgehead atoms. The van der Waals surface area contributed by atoms with Crippen LogP contribution in [0.5, 0.6) is 0 Å². The predicted molar refractivity (Wildman–Crippen MR) is 76.8 cm³/mol. The molecule has 0 saturated heterocycles. The molecule has 1 aliphatic carbocycles. The standard InChI is InChI=1S/C14H21NO5S/c1-9-4-3-5-11(7-6-9)15-21(18,19)13-8-12(14(16)17)20-10(13)2/h8-9,11,15H,3-7H2,1-2H3,(H,16,17). The average Bonchev–Trinajstić information content (AvgIpc) is 2.68. The molecular formula is C14H21NO5S. The molecule has 1 aromatic heterocycles. The Bertz CT molecular complexity index is 619. The topological polar surface area (TPSA) is 96.6 Å². The number of carboxylic acid groups (broad SMARTS) is 1. The molecule has 0 amide bonds. The average molecular weight is 315 g/mol. The largest absolute Gasteiger partial charge is 0.475 e. The quantitative estimate of drug-likeness (QED) is 0.832. The van der Waals surface area contributed by atoms with Crippen LogP contribution in [0.4, 0.5) is 0 Å². The Morgan fingerprint density at radius 3 is 2.67 bits per heavy atom. The smallest absolute Gasteiger partial charge is 0.371 e. The summed E-state index contributed by atoms with van der Waals surface area (Å²) in [5, 5.41) is 8.87. The number of rotatable bonds is 4. The van der Waals surface area contributed by atoms with Crippen molar-refractivity contribution >= 4 is 16.0 Å². The minimum Gasteiger partial charge on any atom is -0.475 e. The minimum atomic E-state index is -3.74. The number of nitrogens with one attached hydrogen (secondary N) is 1. The fourth-order valence-corrected chi connectivity index (χ4v) is 4.21. The Labute approximate surface area is 124 Å². The highest BCUT2D eigenvalue weighted by atomic mass is 32.2. The molecule has 1 heterocycles. The number of carboxylic acids is 1. The lowest BCUT2D eigenvalue weighted by Gasteiger charge is -2.16. The molecule has 2 rings (SSSR count). The molecule has 118 valence electrons. The first-order valence-corrected chi connectivity index (χ1v) is 8.64. The first-order chi connectivity index (χ1) is 9.79. The van der Waals surface area contributed by atoms with Crippen molar-refractivity contribution in [2.24, 2.45) is 5.92 Å². The molecule has 7 heteroatoms. The molecule has 1 aliphatic rings. The van der Waals surface area contributed by atoms with E-state index < -0.39 is 16.0 Å². The van der Waals surface area contributed by atoms with Gasteiger partial charge in [0, 0.05) is 12.1 Å². The van der Waals surface area contributed by atoms with Crippen molar-refractivity contribution in [2.45, 2.75) is 56.9 Å². The summed E-state index contributed by atoms with van der Waals surface area (Å²) in [5.41, 5.74) is 0. The third-order valence-electron chi connectivity index (χ3n) is 3.95. The molecular weight excluding hydrogens is 294 g/mol. The van der Waals surface area contributed by atoms with Crippen molar-refractivity contribution in [2.75, 3.05) is 0 Å². The van der Waals surface area contributed by atoms with E-state index in [0.717, 1.165) is 38.2 Å². The number of sulfonamides is 1. The molecule has 2 unspecified atom stereocenters. The van der Waals surface area contributed by atoms with Gasteiger partial charge in [-0.25, -0.2) is 17.9 Å². The molecule has 0 aliphatic heterocycles. The Morgan fingerprint density at radius 1 is 1.33 bits per heavy atom. The molecule has 1 saturated carbocycles. The lowest BCUT2D eigenvalue weighted by molar-refractivity contribution is 0.0661. The molecule has 0 spiro atoms. The maximum Gasteiger partial charge on any atom is 0.371 e. The molecule has 2 atom stereocenters. The summed E-state index contributed by atoms with van der Waals surface area (Å²) in [4.78, 5) is 10.8. The van der Waals surface area contributed by atoms with Crippen LogP contribution in [0, 0.1) is 12.8 Å². The summed E-state index contributed by atoms with van der Waals surface area (Å²) in [6.45, 7) is 3.63. The summed E-state index contributed by atoms with van der Waals surface area (Å²) < 4.78 is 32.4. The Hall–Kier alpha value is -1.34. The SMILES string of the molecule is Cc1oc(C(=O)O)cc1S(=O)(=O)NC1CCCC(C)CC1. The van der Waals surface area contributed by atoms with Crippen molar-refractivity contribution in [1.29, 1.82) is 0 Å². The third-order valence-corrected chi connectivity index (χ3v) is 5.58. The third kappa shape index (κ3) is 3.85. The van der Waals surface area contributed by atoms with Crippen LogP contribution in [0.3, 0.4) is 0 Å². The summed E-state index contributed by atoms with van der Waals surface area (Å²) in [5.74, 6) is -0.916. The minimum absolute atomic E-state index is 0.0859.